The lowest BCUT2D eigenvalue weighted by molar-refractivity contribution is -0.113. The highest BCUT2D eigenvalue weighted by Crippen LogP contribution is 2.29. The van der Waals surface area contributed by atoms with E-state index in [2.05, 4.69) is 21.6 Å². The summed E-state index contributed by atoms with van der Waals surface area (Å²) in [6.45, 7) is 0. The van der Waals surface area contributed by atoms with Gasteiger partial charge in [0.2, 0.25) is 10.9 Å². The van der Waals surface area contributed by atoms with E-state index in [4.69, 9.17) is 0 Å². The summed E-state index contributed by atoms with van der Waals surface area (Å²) < 4.78 is 3.17. The molecule has 25 heavy (non-hydrogen) atoms. The van der Waals surface area contributed by atoms with Crippen LogP contribution in [-0.2, 0) is 4.79 Å². The SMILES string of the molecule is CSc1cccc(NC(=O)CSc2nnc3sc4ccccc4n23)c1. The highest BCUT2D eigenvalue weighted by molar-refractivity contribution is 7.99. The highest BCUT2D eigenvalue weighted by atomic mass is 32.2. The molecule has 1 N–H and O–H groups in total. The van der Waals surface area contributed by atoms with Crippen molar-refractivity contribution in [3.8, 4) is 0 Å². The van der Waals surface area contributed by atoms with Crippen LogP contribution < -0.4 is 5.32 Å². The van der Waals surface area contributed by atoms with Crippen LogP contribution in [-0.4, -0.2) is 32.5 Å². The van der Waals surface area contributed by atoms with E-state index >= 15 is 0 Å². The lowest BCUT2D eigenvalue weighted by Crippen LogP contribution is -2.14. The Bertz CT molecular complexity index is 1060. The van der Waals surface area contributed by atoms with E-state index in [1.165, 1.54) is 11.8 Å². The van der Waals surface area contributed by atoms with Gasteiger partial charge in [-0.05, 0) is 36.6 Å². The van der Waals surface area contributed by atoms with Gasteiger partial charge in [0, 0.05) is 10.6 Å². The zero-order valence-corrected chi connectivity index (χ0v) is 15.8. The van der Waals surface area contributed by atoms with Crippen molar-refractivity contribution in [1.29, 1.82) is 0 Å². The topological polar surface area (TPSA) is 59.3 Å². The second-order valence-corrected chi connectivity index (χ2v) is 8.07. The number of para-hydroxylation sites is 1. The predicted molar refractivity (Wildman–Crippen MR) is 106 cm³/mol. The van der Waals surface area contributed by atoms with Crippen molar-refractivity contribution in [2.45, 2.75) is 10.1 Å². The Morgan fingerprint density at radius 1 is 1.20 bits per heavy atom. The molecule has 4 rings (SSSR count). The number of nitrogens with one attached hydrogen (secondary N) is 1. The molecular formula is C17H14N4OS3. The van der Waals surface area contributed by atoms with Crippen LogP contribution in [0.4, 0.5) is 5.69 Å². The molecule has 126 valence electrons. The summed E-state index contributed by atoms with van der Waals surface area (Å²) in [5.41, 5.74) is 1.88. The van der Waals surface area contributed by atoms with Gasteiger partial charge in [0.1, 0.15) is 0 Å². The molecule has 0 saturated carbocycles. The molecule has 4 aromatic rings. The average molecular weight is 387 g/mol. The Morgan fingerprint density at radius 2 is 2.08 bits per heavy atom. The number of fused-ring (bicyclic) bond motifs is 3. The molecule has 0 aliphatic rings. The standard InChI is InChI=1S/C17H14N4OS3/c1-23-12-6-4-5-11(9-12)18-15(22)10-24-16-19-20-17-21(16)13-7-2-3-8-14(13)25-17/h2-9H,10H2,1H3,(H,18,22). The molecule has 0 aliphatic carbocycles. The number of anilines is 1. The molecule has 0 atom stereocenters. The first-order valence-electron chi connectivity index (χ1n) is 7.54. The molecule has 2 aromatic carbocycles. The minimum atomic E-state index is -0.0560. The Morgan fingerprint density at radius 3 is 2.96 bits per heavy atom. The maximum atomic E-state index is 12.3. The summed E-state index contributed by atoms with van der Waals surface area (Å²) in [6, 6.07) is 15.9. The van der Waals surface area contributed by atoms with E-state index < -0.39 is 0 Å². The van der Waals surface area contributed by atoms with Gasteiger partial charge in [0.05, 0.1) is 16.0 Å². The molecular weight excluding hydrogens is 372 g/mol. The average Bonchev–Trinajstić information content (AvgIpc) is 3.19. The van der Waals surface area contributed by atoms with Crippen LogP contribution in [0.5, 0.6) is 0 Å². The maximum absolute atomic E-state index is 12.3. The van der Waals surface area contributed by atoms with Gasteiger partial charge in [-0.25, -0.2) is 0 Å². The van der Waals surface area contributed by atoms with Gasteiger partial charge in [0.15, 0.2) is 5.16 Å². The van der Waals surface area contributed by atoms with Crippen molar-refractivity contribution in [3.05, 3.63) is 48.5 Å². The molecule has 5 nitrogen and oxygen atoms in total. The number of nitrogens with zero attached hydrogens (tertiary/aromatic N) is 3. The minimum absolute atomic E-state index is 0.0560. The Labute approximate surface area is 156 Å². The van der Waals surface area contributed by atoms with Crippen LogP contribution in [0.3, 0.4) is 0 Å². The van der Waals surface area contributed by atoms with Gasteiger partial charge < -0.3 is 5.32 Å². The third-order valence-corrected chi connectivity index (χ3v) is 6.26. The third kappa shape index (κ3) is 3.37. The van der Waals surface area contributed by atoms with Crippen molar-refractivity contribution in [2.75, 3.05) is 17.3 Å². The summed E-state index contributed by atoms with van der Waals surface area (Å²) in [6.07, 6.45) is 2.01. The molecule has 0 saturated heterocycles. The molecule has 2 aromatic heterocycles. The number of thiazole rings is 1. The quantitative estimate of drug-likeness (QED) is 0.515. The number of carbonyl (C=O) groups excluding carboxylic acids is 1. The summed E-state index contributed by atoms with van der Waals surface area (Å²) in [5, 5.41) is 12.1. The van der Waals surface area contributed by atoms with E-state index in [1.807, 2.05) is 53.1 Å². The summed E-state index contributed by atoms with van der Waals surface area (Å²) in [5.74, 6) is 0.230. The Kier molecular flexibility index (Phi) is 4.65. The first-order chi connectivity index (χ1) is 12.2. The number of aromatic nitrogens is 3. The van der Waals surface area contributed by atoms with E-state index in [0.29, 0.717) is 0 Å². The predicted octanol–water partition coefficient (Wildman–Crippen LogP) is 4.40. The van der Waals surface area contributed by atoms with Crippen molar-refractivity contribution < 1.29 is 4.79 Å². The summed E-state index contributed by atoms with van der Waals surface area (Å²) in [4.78, 5) is 14.2. The van der Waals surface area contributed by atoms with Gasteiger partial charge >= 0.3 is 0 Å². The largest absolute Gasteiger partial charge is 0.325 e. The molecule has 0 spiro atoms. The molecule has 0 radical (unpaired) electrons. The van der Waals surface area contributed by atoms with Gasteiger partial charge in [-0.3, -0.25) is 9.20 Å². The minimum Gasteiger partial charge on any atom is -0.325 e. The third-order valence-electron chi connectivity index (χ3n) is 3.60. The van der Waals surface area contributed by atoms with Crippen LogP contribution in [0.1, 0.15) is 0 Å². The number of thioether (sulfide) groups is 2. The second-order valence-electron chi connectivity index (χ2n) is 5.24. The Balaban J connectivity index is 1.49. The molecule has 0 fully saturated rings. The van der Waals surface area contributed by atoms with E-state index in [-0.39, 0.29) is 11.7 Å². The van der Waals surface area contributed by atoms with Gasteiger partial charge in [-0.1, -0.05) is 41.3 Å². The normalized spacial score (nSPS) is 11.2. The van der Waals surface area contributed by atoms with E-state index in [0.717, 1.165) is 30.9 Å². The van der Waals surface area contributed by atoms with Crippen LogP contribution in [0.25, 0.3) is 15.2 Å². The van der Waals surface area contributed by atoms with Crippen LogP contribution in [0.15, 0.2) is 58.6 Å². The van der Waals surface area contributed by atoms with Crippen molar-refractivity contribution >= 4 is 61.6 Å². The number of benzene rings is 2. The van der Waals surface area contributed by atoms with E-state index in [9.17, 15) is 4.79 Å². The fourth-order valence-electron chi connectivity index (χ4n) is 2.48. The fraction of sp³-hybridized carbons (Fsp3) is 0.118. The molecule has 0 bridgehead atoms. The van der Waals surface area contributed by atoms with Crippen LogP contribution in [0.2, 0.25) is 0 Å². The smallest absolute Gasteiger partial charge is 0.234 e. The highest BCUT2D eigenvalue weighted by Gasteiger charge is 2.14. The van der Waals surface area contributed by atoms with Gasteiger partial charge in [-0.15, -0.1) is 22.0 Å². The monoisotopic (exact) mass is 386 g/mol. The molecule has 0 aliphatic heterocycles. The summed E-state index contributed by atoms with van der Waals surface area (Å²) in [7, 11) is 0. The zero-order chi connectivity index (χ0) is 17.2. The fourth-order valence-corrected chi connectivity index (χ4v) is 4.70. The number of carbonyl (C=O) groups is 1. The lowest BCUT2D eigenvalue weighted by atomic mass is 10.3. The first kappa shape index (κ1) is 16.4. The molecule has 2 heterocycles. The summed E-state index contributed by atoms with van der Waals surface area (Å²) >= 11 is 4.64. The van der Waals surface area contributed by atoms with Crippen molar-refractivity contribution in [2.24, 2.45) is 0 Å². The lowest BCUT2D eigenvalue weighted by Gasteiger charge is -2.06. The van der Waals surface area contributed by atoms with Crippen molar-refractivity contribution in [3.63, 3.8) is 0 Å². The van der Waals surface area contributed by atoms with E-state index in [1.54, 1.807) is 23.1 Å². The zero-order valence-electron chi connectivity index (χ0n) is 13.3. The number of amides is 1. The van der Waals surface area contributed by atoms with Crippen molar-refractivity contribution in [1.82, 2.24) is 14.6 Å². The van der Waals surface area contributed by atoms with Crippen LogP contribution in [0, 0.1) is 0 Å². The van der Waals surface area contributed by atoms with Gasteiger partial charge in [0.25, 0.3) is 0 Å². The van der Waals surface area contributed by atoms with Crippen LogP contribution >= 0.6 is 34.9 Å². The molecule has 1 amide bonds. The molecule has 8 heteroatoms. The second kappa shape index (κ2) is 7.07. The first-order valence-corrected chi connectivity index (χ1v) is 10.6. The number of hydrogen-bond donors (Lipinski definition) is 1. The number of hydrogen-bond acceptors (Lipinski definition) is 6. The number of rotatable bonds is 5. The molecule has 0 unspecified atom stereocenters. The Hall–Kier alpha value is -2.03. The maximum Gasteiger partial charge on any atom is 0.234 e. The van der Waals surface area contributed by atoms with Gasteiger partial charge in [-0.2, -0.15) is 0 Å².